The maximum absolute atomic E-state index is 13.1. The Morgan fingerprint density at radius 3 is 2.62 bits per heavy atom. The van der Waals surface area contributed by atoms with Crippen molar-refractivity contribution >= 4 is 33.5 Å². The first-order chi connectivity index (χ1) is 14.0. The number of rotatable bonds is 5. The lowest BCUT2D eigenvalue weighted by molar-refractivity contribution is 0.0524. The number of aromatic nitrogens is 1. The fourth-order valence-corrected chi connectivity index (χ4v) is 3.57. The molecule has 148 valence electrons. The number of ether oxygens (including phenoxy) is 1. The highest BCUT2D eigenvalue weighted by Gasteiger charge is 2.27. The van der Waals surface area contributed by atoms with Gasteiger partial charge in [-0.15, -0.1) is 0 Å². The molecule has 4 rings (SSSR count). The number of benzene rings is 3. The second-order valence-corrected chi connectivity index (χ2v) is 6.94. The van der Waals surface area contributed by atoms with Gasteiger partial charge in [-0.25, -0.2) is 9.78 Å². The molecule has 0 atom stereocenters. The van der Waals surface area contributed by atoms with Crippen molar-refractivity contribution in [1.29, 1.82) is 0 Å². The van der Waals surface area contributed by atoms with Crippen molar-refractivity contribution in [1.82, 2.24) is 4.98 Å². The van der Waals surface area contributed by atoms with Gasteiger partial charge in [-0.1, -0.05) is 31.2 Å². The Balaban J connectivity index is 2.07. The number of carbonyl (C=O) groups excluding carboxylic acids is 1. The summed E-state index contributed by atoms with van der Waals surface area (Å²) in [7, 11) is 2.01. The van der Waals surface area contributed by atoms with E-state index in [0.29, 0.717) is 27.6 Å². The van der Waals surface area contributed by atoms with Crippen LogP contribution in [0.25, 0.3) is 33.3 Å². The van der Waals surface area contributed by atoms with E-state index in [-0.39, 0.29) is 17.9 Å². The summed E-state index contributed by atoms with van der Waals surface area (Å²) < 4.78 is 11.2. The standard InChI is InChI=1S/C23H22N2O4/c1-4-12-25(3)14-10-11-17-18(13-14)29-22-19(23(27)28-5-2)21(26)16-9-7-6-8-15(16)20(22)24-17/h6-11,13H,4-5,12H2,1-3H3. The van der Waals surface area contributed by atoms with Crippen molar-refractivity contribution < 1.29 is 13.9 Å². The zero-order chi connectivity index (χ0) is 20.5. The molecule has 1 aliphatic carbocycles. The average Bonchev–Trinajstić information content (AvgIpc) is 2.73. The van der Waals surface area contributed by atoms with Crippen LogP contribution in [0, 0.1) is 0 Å². The van der Waals surface area contributed by atoms with E-state index >= 15 is 0 Å². The molecule has 0 fully saturated rings. The van der Waals surface area contributed by atoms with Crippen molar-refractivity contribution in [2.24, 2.45) is 0 Å². The maximum Gasteiger partial charge on any atom is 0.346 e. The molecule has 6 heteroatoms. The number of nitrogens with zero attached hydrogens (tertiary/aromatic N) is 2. The molecule has 0 saturated carbocycles. The van der Waals surface area contributed by atoms with Crippen LogP contribution in [-0.4, -0.2) is 31.2 Å². The van der Waals surface area contributed by atoms with Crippen LogP contribution in [0.15, 0.2) is 51.7 Å². The third-order valence-corrected chi connectivity index (χ3v) is 4.96. The lowest BCUT2D eigenvalue weighted by Gasteiger charge is -2.19. The lowest BCUT2D eigenvalue weighted by Crippen LogP contribution is -2.20. The quantitative estimate of drug-likeness (QED) is 0.284. The third-order valence-electron chi connectivity index (χ3n) is 4.96. The molecule has 0 spiro atoms. The van der Waals surface area contributed by atoms with Gasteiger partial charge in [0.05, 0.1) is 6.61 Å². The molecule has 0 aromatic heterocycles. The first-order valence-electron chi connectivity index (χ1n) is 9.72. The minimum atomic E-state index is -0.697. The van der Waals surface area contributed by atoms with E-state index < -0.39 is 11.4 Å². The first-order valence-corrected chi connectivity index (χ1v) is 9.72. The Labute approximate surface area is 168 Å². The molecule has 0 N–H and O–H groups in total. The second-order valence-electron chi connectivity index (χ2n) is 6.94. The fourth-order valence-electron chi connectivity index (χ4n) is 3.57. The largest absolute Gasteiger partial charge is 0.462 e. The normalized spacial score (nSPS) is 11.3. The molecular weight excluding hydrogens is 368 g/mol. The number of hydrogen-bond acceptors (Lipinski definition) is 6. The fraction of sp³-hybridized carbons (Fsp3) is 0.261. The van der Waals surface area contributed by atoms with Crippen molar-refractivity contribution in [3.63, 3.8) is 0 Å². The molecular formula is C23H22N2O4. The maximum atomic E-state index is 13.1. The van der Waals surface area contributed by atoms with Gasteiger partial charge in [0, 0.05) is 36.1 Å². The zero-order valence-corrected chi connectivity index (χ0v) is 16.7. The molecule has 2 aliphatic rings. The van der Waals surface area contributed by atoms with Gasteiger partial charge < -0.3 is 14.1 Å². The van der Waals surface area contributed by atoms with Gasteiger partial charge in [0.25, 0.3) is 0 Å². The minimum Gasteiger partial charge on any atom is -0.462 e. The van der Waals surface area contributed by atoms with E-state index in [1.165, 1.54) is 0 Å². The first kappa shape index (κ1) is 18.9. The SMILES string of the molecule is CCCN(C)c1ccc2nc3c4ccccc4c(=O)c(C(=O)OCC)c-3oc2c1. The Kier molecular flexibility index (Phi) is 4.92. The minimum absolute atomic E-state index is 0.109. The molecule has 29 heavy (non-hydrogen) atoms. The summed E-state index contributed by atoms with van der Waals surface area (Å²) in [6, 6.07) is 12.9. The molecule has 2 aromatic rings. The summed E-state index contributed by atoms with van der Waals surface area (Å²) in [5.41, 5.74) is 2.11. The monoisotopic (exact) mass is 390 g/mol. The molecule has 0 unspecified atom stereocenters. The summed E-state index contributed by atoms with van der Waals surface area (Å²) in [4.78, 5) is 32.5. The van der Waals surface area contributed by atoms with Crippen LogP contribution in [-0.2, 0) is 4.74 Å². The van der Waals surface area contributed by atoms with Gasteiger partial charge in [-0.3, -0.25) is 4.79 Å². The second kappa shape index (κ2) is 7.54. The third kappa shape index (κ3) is 3.20. The van der Waals surface area contributed by atoms with E-state index in [2.05, 4.69) is 11.8 Å². The predicted octanol–water partition coefficient (Wildman–Crippen LogP) is 4.47. The van der Waals surface area contributed by atoms with E-state index in [1.54, 1.807) is 19.1 Å². The van der Waals surface area contributed by atoms with Crippen molar-refractivity contribution in [3.8, 4) is 11.5 Å². The highest BCUT2D eigenvalue weighted by molar-refractivity contribution is 6.06. The molecule has 6 nitrogen and oxygen atoms in total. The summed E-state index contributed by atoms with van der Waals surface area (Å²) >= 11 is 0. The molecule has 1 aliphatic heterocycles. The molecule has 1 heterocycles. The molecule has 0 radical (unpaired) electrons. The van der Waals surface area contributed by atoms with Gasteiger partial charge in [0.2, 0.25) is 5.43 Å². The van der Waals surface area contributed by atoms with Crippen LogP contribution in [0.2, 0.25) is 0 Å². The topological polar surface area (TPSA) is 72.6 Å². The van der Waals surface area contributed by atoms with E-state index in [1.807, 2.05) is 37.4 Å². The van der Waals surface area contributed by atoms with Crippen LogP contribution >= 0.6 is 0 Å². The summed E-state index contributed by atoms with van der Waals surface area (Å²) in [6.45, 7) is 4.88. The Morgan fingerprint density at radius 2 is 1.90 bits per heavy atom. The van der Waals surface area contributed by atoms with Crippen LogP contribution < -0.4 is 10.3 Å². The Morgan fingerprint density at radius 1 is 1.14 bits per heavy atom. The highest BCUT2D eigenvalue weighted by Crippen LogP contribution is 2.34. The number of anilines is 1. The van der Waals surface area contributed by atoms with Gasteiger partial charge >= 0.3 is 5.97 Å². The number of hydrogen-bond donors (Lipinski definition) is 0. The predicted molar refractivity (Wildman–Crippen MR) is 114 cm³/mol. The lowest BCUT2D eigenvalue weighted by atomic mass is 9.99. The van der Waals surface area contributed by atoms with Gasteiger partial charge in [-0.05, 0) is 25.5 Å². The molecule has 0 saturated heterocycles. The zero-order valence-electron chi connectivity index (χ0n) is 16.7. The molecule has 2 aromatic carbocycles. The summed E-state index contributed by atoms with van der Waals surface area (Å²) in [6.07, 6.45) is 1.01. The Bertz CT molecular complexity index is 1240. The number of fused-ring (bicyclic) bond motifs is 4. The van der Waals surface area contributed by atoms with E-state index in [9.17, 15) is 9.59 Å². The molecule has 0 amide bonds. The van der Waals surface area contributed by atoms with Crippen molar-refractivity contribution in [2.45, 2.75) is 20.3 Å². The van der Waals surface area contributed by atoms with Gasteiger partial charge in [0.15, 0.2) is 16.9 Å². The van der Waals surface area contributed by atoms with E-state index in [4.69, 9.17) is 14.1 Å². The van der Waals surface area contributed by atoms with Gasteiger partial charge in [0.1, 0.15) is 11.2 Å². The van der Waals surface area contributed by atoms with Crippen LogP contribution in [0.1, 0.15) is 30.6 Å². The Hall–Kier alpha value is -3.41. The van der Waals surface area contributed by atoms with E-state index in [0.717, 1.165) is 18.7 Å². The molecule has 0 bridgehead atoms. The average molecular weight is 390 g/mol. The van der Waals surface area contributed by atoms with Crippen molar-refractivity contribution in [2.75, 3.05) is 25.1 Å². The number of esters is 1. The van der Waals surface area contributed by atoms with Crippen LogP contribution in [0.5, 0.6) is 0 Å². The smallest absolute Gasteiger partial charge is 0.346 e. The van der Waals surface area contributed by atoms with Crippen LogP contribution in [0.4, 0.5) is 5.69 Å². The summed E-state index contributed by atoms with van der Waals surface area (Å²) in [5.74, 6) is -0.535. The summed E-state index contributed by atoms with van der Waals surface area (Å²) in [5, 5.41) is 1.07. The highest BCUT2D eigenvalue weighted by atomic mass is 16.5. The van der Waals surface area contributed by atoms with Gasteiger partial charge in [-0.2, -0.15) is 0 Å². The van der Waals surface area contributed by atoms with Crippen molar-refractivity contribution in [3.05, 3.63) is 58.3 Å². The number of carbonyl (C=O) groups is 1. The van der Waals surface area contributed by atoms with Crippen LogP contribution in [0.3, 0.4) is 0 Å².